The SMILES string of the molecule is O=C(Nc1nc2ccc(NC(=O)c3ccc([N+](=O)[O-])o3)cc2s1)c1ccc2c(c1)OCO2. The Hall–Kier alpha value is -4.45. The van der Waals surface area contributed by atoms with Crippen molar-refractivity contribution in [1.82, 2.24) is 4.98 Å². The van der Waals surface area contributed by atoms with Crippen LogP contribution < -0.4 is 20.1 Å². The Morgan fingerprint density at radius 2 is 1.84 bits per heavy atom. The lowest BCUT2D eigenvalue weighted by molar-refractivity contribution is -0.402. The number of thiazole rings is 1. The molecule has 0 saturated carbocycles. The summed E-state index contributed by atoms with van der Waals surface area (Å²) in [6.07, 6.45) is 0. The molecular weight excluding hydrogens is 440 g/mol. The van der Waals surface area contributed by atoms with E-state index < -0.39 is 16.7 Å². The maximum Gasteiger partial charge on any atom is 0.433 e. The normalized spacial score (nSPS) is 12.0. The van der Waals surface area contributed by atoms with Gasteiger partial charge in [-0.3, -0.25) is 25.0 Å². The number of carbonyl (C=O) groups excluding carboxylic acids is 2. The fourth-order valence-electron chi connectivity index (χ4n) is 3.00. The van der Waals surface area contributed by atoms with E-state index in [0.717, 1.165) is 6.07 Å². The third-order valence-corrected chi connectivity index (χ3v) is 5.43. The van der Waals surface area contributed by atoms with E-state index in [1.807, 2.05) is 0 Å². The van der Waals surface area contributed by atoms with Gasteiger partial charge in [0.2, 0.25) is 6.79 Å². The first-order valence-electron chi connectivity index (χ1n) is 9.13. The van der Waals surface area contributed by atoms with Crippen LogP contribution in [0.4, 0.5) is 16.7 Å². The minimum Gasteiger partial charge on any atom is -0.454 e. The average molecular weight is 452 g/mol. The summed E-state index contributed by atoms with van der Waals surface area (Å²) in [6.45, 7) is 0.119. The molecule has 0 spiro atoms. The number of benzene rings is 2. The minimum absolute atomic E-state index is 0.119. The first kappa shape index (κ1) is 19.5. The lowest BCUT2D eigenvalue weighted by atomic mass is 10.2. The lowest BCUT2D eigenvalue weighted by Crippen LogP contribution is -2.11. The number of carbonyl (C=O) groups is 2. The smallest absolute Gasteiger partial charge is 0.433 e. The summed E-state index contributed by atoms with van der Waals surface area (Å²) in [5, 5.41) is 16.4. The Balaban J connectivity index is 1.30. The number of furan rings is 1. The van der Waals surface area contributed by atoms with Crippen LogP contribution in [0, 0.1) is 10.1 Å². The Bertz CT molecular complexity index is 1390. The molecule has 0 radical (unpaired) electrons. The molecule has 1 aliphatic heterocycles. The second-order valence-corrected chi connectivity index (χ2v) is 7.60. The van der Waals surface area contributed by atoms with Gasteiger partial charge in [-0.25, -0.2) is 4.98 Å². The predicted molar refractivity (Wildman–Crippen MR) is 113 cm³/mol. The first-order chi connectivity index (χ1) is 15.5. The van der Waals surface area contributed by atoms with Gasteiger partial charge in [0.25, 0.3) is 11.8 Å². The van der Waals surface area contributed by atoms with Crippen LogP contribution >= 0.6 is 11.3 Å². The number of ether oxygens (including phenoxy) is 2. The van der Waals surface area contributed by atoms with Gasteiger partial charge in [-0.05, 0) is 42.5 Å². The van der Waals surface area contributed by atoms with Crippen LogP contribution in [0.2, 0.25) is 0 Å². The lowest BCUT2D eigenvalue weighted by Gasteiger charge is -2.02. The van der Waals surface area contributed by atoms with E-state index in [1.165, 1.54) is 17.4 Å². The van der Waals surface area contributed by atoms with E-state index in [9.17, 15) is 19.7 Å². The third kappa shape index (κ3) is 3.70. The van der Waals surface area contributed by atoms with Crippen LogP contribution in [-0.2, 0) is 0 Å². The zero-order chi connectivity index (χ0) is 22.2. The van der Waals surface area contributed by atoms with Crippen molar-refractivity contribution in [1.29, 1.82) is 0 Å². The van der Waals surface area contributed by atoms with Crippen LogP contribution in [0.25, 0.3) is 10.2 Å². The zero-order valence-electron chi connectivity index (χ0n) is 16.0. The molecule has 32 heavy (non-hydrogen) atoms. The molecule has 3 heterocycles. The van der Waals surface area contributed by atoms with E-state index in [1.54, 1.807) is 36.4 Å². The van der Waals surface area contributed by atoms with Crippen molar-refractivity contribution in [2.24, 2.45) is 0 Å². The summed E-state index contributed by atoms with van der Waals surface area (Å²) in [7, 11) is 0. The molecule has 2 aromatic heterocycles. The molecule has 2 N–H and O–H groups in total. The quantitative estimate of drug-likeness (QED) is 0.341. The van der Waals surface area contributed by atoms with Crippen molar-refractivity contribution in [2.45, 2.75) is 0 Å². The average Bonchev–Trinajstić information content (AvgIpc) is 3.51. The second-order valence-electron chi connectivity index (χ2n) is 6.57. The van der Waals surface area contributed by atoms with Crippen molar-refractivity contribution >= 4 is 50.1 Å². The van der Waals surface area contributed by atoms with Crippen molar-refractivity contribution in [3.8, 4) is 11.5 Å². The summed E-state index contributed by atoms with van der Waals surface area (Å²) in [5.74, 6) is -0.591. The molecule has 12 heteroatoms. The number of nitrogens with zero attached hydrogens (tertiary/aromatic N) is 2. The molecule has 0 bridgehead atoms. The largest absolute Gasteiger partial charge is 0.454 e. The van der Waals surface area contributed by atoms with E-state index in [4.69, 9.17) is 13.9 Å². The van der Waals surface area contributed by atoms with Gasteiger partial charge >= 0.3 is 5.88 Å². The summed E-state index contributed by atoms with van der Waals surface area (Å²) in [4.78, 5) is 39.2. The molecule has 2 amide bonds. The highest BCUT2D eigenvalue weighted by Gasteiger charge is 2.19. The molecule has 0 atom stereocenters. The first-order valence-corrected chi connectivity index (χ1v) is 9.95. The Kier molecular flexibility index (Phi) is 4.67. The summed E-state index contributed by atoms with van der Waals surface area (Å²) < 4.78 is 16.1. The van der Waals surface area contributed by atoms with Gasteiger partial charge in [-0.15, -0.1) is 0 Å². The monoisotopic (exact) mass is 452 g/mol. The molecule has 1 aliphatic rings. The van der Waals surface area contributed by atoms with Crippen LogP contribution in [0.15, 0.2) is 52.9 Å². The highest BCUT2D eigenvalue weighted by molar-refractivity contribution is 7.22. The van der Waals surface area contributed by atoms with Gasteiger partial charge < -0.3 is 19.2 Å². The number of amides is 2. The number of hydrogen-bond acceptors (Lipinski definition) is 9. The number of hydrogen-bond donors (Lipinski definition) is 2. The van der Waals surface area contributed by atoms with Crippen LogP contribution in [0.5, 0.6) is 11.5 Å². The fraction of sp³-hybridized carbons (Fsp3) is 0.0500. The number of rotatable bonds is 5. The zero-order valence-corrected chi connectivity index (χ0v) is 16.8. The maximum absolute atomic E-state index is 12.6. The van der Waals surface area contributed by atoms with Gasteiger partial charge in [-0.1, -0.05) is 11.3 Å². The van der Waals surface area contributed by atoms with Gasteiger partial charge in [0, 0.05) is 11.3 Å². The molecule has 0 unspecified atom stereocenters. The van der Waals surface area contributed by atoms with E-state index in [2.05, 4.69) is 15.6 Å². The predicted octanol–water partition coefficient (Wildman–Crippen LogP) is 4.03. The van der Waals surface area contributed by atoms with Gasteiger partial charge in [-0.2, -0.15) is 0 Å². The molecule has 11 nitrogen and oxygen atoms in total. The molecule has 4 aromatic rings. The van der Waals surface area contributed by atoms with Crippen molar-refractivity contribution in [3.05, 3.63) is 70.0 Å². The number of aromatic nitrogens is 1. The molecule has 5 rings (SSSR count). The molecule has 0 aliphatic carbocycles. The molecule has 0 fully saturated rings. The Labute approximate surface area is 182 Å². The minimum atomic E-state index is -0.723. The number of nitrogens with one attached hydrogen (secondary N) is 2. The van der Waals surface area contributed by atoms with E-state index >= 15 is 0 Å². The number of nitro groups is 1. The highest BCUT2D eigenvalue weighted by atomic mass is 32.1. The van der Waals surface area contributed by atoms with Gasteiger partial charge in [0.1, 0.15) is 4.92 Å². The van der Waals surface area contributed by atoms with Crippen molar-refractivity contribution in [2.75, 3.05) is 17.4 Å². The van der Waals surface area contributed by atoms with Gasteiger partial charge in [0.15, 0.2) is 22.4 Å². The third-order valence-electron chi connectivity index (χ3n) is 4.50. The summed E-state index contributed by atoms with van der Waals surface area (Å²) in [5.41, 5.74) is 1.47. The summed E-state index contributed by atoms with van der Waals surface area (Å²) in [6, 6.07) is 12.2. The van der Waals surface area contributed by atoms with E-state index in [-0.39, 0.29) is 18.5 Å². The van der Waals surface area contributed by atoms with Crippen molar-refractivity contribution in [3.63, 3.8) is 0 Å². The van der Waals surface area contributed by atoms with Crippen LogP contribution in [-0.4, -0.2) is 28.5 Å². The molecule has 160 valence electrons. The fourth-order valence-corrected chi connectivity index (χ4v) is 3.90. The molecule has 2 aromatic carbocycles. The molecule has 0 saturated heterocycles. The highest BCUT2D eigenvalue weighted by Crippen LogP contribution is 2.33. The standard InChI is InChI=1S/C20H12N4O7S/c25-18(10-1-4-13-15(7-10)30-9-29-13)23-20-22-12-3-2-11(8-16(12)32-20)21-19(26)14-5-6-17(31-14)24(27)28/h1-8H,9H2,(H,21,26)(H,22,23,25). The number of anilines is 2. The maximum atomic E-state index is 12.6. The van der Waals surface area contributed by atoms with E-state index in [0.29, 0.717) is 38.1 Å². The summed E-state index contributed by atoms with van der Waals surface area (Å²) >= 11 is 1.23. The van der Waals surface area contributed by atoms with Crippen molar-refractivity contribution < 1.29 is 28.4 Å². The van der Waals surface area contributed by atoms with Gasteiger partial charge in [0.05, 0.1) is 16.3 Å². The Morgan fingerprint density at radius 1 is 1.00 bits per heavy atom. The Morgan fingerprint density at radius 3 is 2.66 bits per heavy atom. The van der Waals surface area contributed by atoms with Crippen LogP contribution in [0.3, 0.4) is 0 Å². The number of fused-ring (bicyclic) bond motifs is 2. The second kappa shape index (κ2) is 7.67. The van der Waals surface area contributed by atoms with Crippen LogP contribution in [0.1, 0.15) is 20.9 Å². The molecular formula is C20H12N4O7S. The topological polar surface area (TPSA) is 146 Å².